The molecule has 0 saturated heterocycles. The Hall–Kier alpha value is -1.19. The molecule has 0 heterocycles. The monoisotopic (exact) mass is 214 g/mol. The molecule has 0 aromatic rings. The Bertz CT molecular complexity index is 282. The number of carbonyl (C=O) groups is 3. The lowest BCUT2D eigenvalue weighted by molar-refractivity contribution is -0.164. The van der Waals surface area contributed by atoms with Crippen molar-refractivity contribution in [2.75, 3.05) is 6.61 Å². The molecule has 0 saturated carbocycles. The predicted molar refractivity (Wildman–Crippen MR) is 55.3 cm³/mol. The molecule has 0 spiro atoms. The predicted octanol–water partition coefficient (Wildman–Crippen LogP) is 1.37. The summed E-state index contributed by atoms with van der Waals surface area (Å²) in [6, 6.07) is 0. The van der Waals surface area contributed by atoms with Crippen molar-refractivity contribution in [3.8, 4) is 0 Å². The van der Waals surface area contributed by atoms with Crippen molar-refractivity contribution < 1.29 is 19.1 Å². The second-order valence-electron chi connectivity index (χ2n) is 3.81. The topological polar surface area (TPSA) is 60.4 Å². The first-order valence-corrected chi connectivity index (χ1v) is 4.97. The van der Waals surface area contributed by atoms with Crippen LogP contribution in [0.1, 0.15) is 34.6 Å². The molecule has 2 unspecified atom stereocenters. The third-order valence-electron chi connectivity index (χ3n) is 2.91. The Kier molecular flexibility index (Phi) is 4.65. The second kappa shape index (κ2) is 5.05. The molecule has 2 atom stereocenters. The maximum Gasteiger partial charge on any atom is 0.320 e. The van der Waals surface area contributed by atoms with Gasteiger partial charge in [0.1, 0.15) is 17.0 Å². The number of Topliss-reactive ketones (excluding diaryl/α,β-unsaturated/α-hetero) is 2. The molecule has 0 bridgehead atoms. The van der Waals surface area contributed by atoms with E-state index >= 15 is 0 Å². The van der Waals surface area contributed by atoms with Crippen LogP contribution in [0.4, 0.5) is 0 Å². The first-order chi connectivity index (χ1) is 6.78. The van der Waals surface area contributed by atoms with E-state index in [4.69, 9.17) is 4.74 Å². The van der Waals surface area contributed by atoms with E-state index in [2.05, 4.69) is 0 Å². The molecule has 0 radical (unpaired) electrons. The SMILES string of the molecule is CCOC(=O)C(C)(C(C)=O)C(C)C(C)=O. The number of ketones is 2. The molecule has 4 heteroatoms. The Labute approximate surface area is 90.0 Å². The minimum Gasteiger partial charge on any atom is -0.465 e. The van der Waals surface area contributed by atoms with Gasteiger partial charge in [-0.15, -0.1) is 0 Å². The van der Waals surface area contributed by atoms with Crippen LogP contribution in [-0.4, -0.2) is 24.1 Å². The van der Waals surface area contributed by atoms with Gasteiger partial charge >= 0.3 is 5.97 Å². The zero-order chi connectivity index (χ0) is 12.2. The summed E-state index contributed by atoms with van der Waals surface area (Å²) in [6.07, 6.45) is 0. The molecular weight excluding hydrogens is 196 g/mol. The van der Waals surface area contributed by atoms with Crippen LogP contribution >= 0.6 is 0 Å². The average Bonchev–Trinajstić information content (AvgIpc) is 2.15. The standard InChI is InChI=1S/C11H18O4/c1-6-15-10(14)11(5,9(4)13)7(2)8(3)12/h7H,6H2,1-5H3. The van der Waals surface area contributed by atoms with Gasteiger partial charge in [-0.25, -0.2) is 0 Å². The summed E-state index contributed by atoms with van der Waals surface area (Å²) in [6.45, 7) is 7.56. The van der Waals surface area contributed by atoms with Gasteiger partial charge in [0, 0.05) is 5.92 Å². The average molecular weight is 214 g/mol. The molecule has 0 aliphatic carbocycles. The highest BCUT2D eigenvalue weighted by molar-refractivity contribution is 6.06. The number of esters is 1. The fourth-order valence-electron chi connectivity index (χ4n) is 1.31. The molecule has 0 N–H and O–H groups in total. The van der Waals surface area contributed by atoms with E-state index < -0.39 is 17.3 Å². The van der Waals surface area contributed by atoms with Gasteiger partial charge in [0.15, 0.2) is 0 Å². The van der Waals surface area contributed by atoms with E-state index in [0.29, 0.717) is 0 Å². The number of rotatable bonds is 5. The smallest absolute Gasteiger partial charge is 0.320 e. The van der Waals surface area contributed by atoms with Crippen molar-refractivity contribution in [1.29, 1.82) is 0 Å². The van der Waals surface area contributed by atoms with E-state index in [1.165, 1.54) is 20.8 Å². The van der Waals surface area contributed by atoms with E-state index in [1.807, 2.05) is 0 Å². The fraction of sp³-hybridized carbons (Fsp3) is 0.727. The summed E-state index contributed by atoms with van der Waals surface area (Å²) in [5.74, 6) is -1.82. The van der Waals surface area contributed by atoms with E-state index in [-0.39, 0.29) is 18.2 Å². The molecule has 0 aromatic heterocycles. The zero-order valence-electron chi connectivity index (χ0n) is 9.92. The Balaban J connectivity index is 5.15. The van der Waals surface area contributed by atoms with Crippen LogP contribution in [0.15, 0.2) is 0 Å². The molecule has 0 rings (SSSR count). The van der Waals surface area contributed by atoms with Gasteiger partial charge in [0.05, 0.1) is 6.61 Å². The Morgan fingerprint density at radius 2 is 1.73 bits per heavy atom. The summed E-state index contributed by atoms with van der Waals surface area (Å²) in [5.41, 5.74) is -1.36. The van der Waals surface area contributed by atoms with Crippen LogP contribution in [0.5, 0.6) is 0 Å². The first kappa shape index (κ1) is 13.8. The molecular formula is C11H18O4. The number of carbonyl (C=O) groups excluding carboxylic acids is 3. The van der Waals surface area contributed by atoms with Gasteiger partial charge in [-0.05, 0) is 27.7 Å². The molecule has 0 aromatic carbocycles. The van der Waals surface area contributed by atoms with Crippen molar-refractivity contribution in [3.63, 3.8) is 0 Å². The largest absolute Gasteiger partial charge is 0.465 e. The molecule has 0 aliphatic rings. The van der Waals surface area contributed by atoms with Crippen LogP contribution in [0, 0.1) is 11.3 Å². The minimum atomic E-state index is -1.36. The first-order valence-electron chi connectivity index (χ1n) is 4.97. The van der Waals surface area contributed by atoms with Gasteiger partial charge < -0.3 is 4.74 Å². The van der Waals surface area contributed by atoms with Gasteiger partial charge in [-0.3, -0.25) is 14.4 Å². The second-order valence-corrected chi connectivity index (χ2v) is 3.81. The molecule has 0 amide bonds. The van der Waals surface area contributed by atoms with E-state index in [0.717, 1.165) is 0 Å². The summed E-state index contributed by atoms with van der Waals surface area (Å²) >= 11 is 0. The van der Waals surface area contributed by atoms with Gasteiger partial charge in [0.25, 0.3) is 0 Å². The van der Waals surface area contributed by atoms with Crippen LogP contribution in [0.25, 0.3) is 0 Å². The van der Waals surface area contributed by atoms with E-state index in [9.17, 15) is 14.4 Å². The molecule has 0 fully saturated rings. The van der Waals surface area contributed by atoms with Crippen LogP contribution < -0.4 is 0 Å². The van der Waals surface area contributed by atoms with Crippen molar-refractivity contribution in [2.24, 2.45) is 11.3 Å². The van der Waals surface area contributed by atoms with Crippen molar-refractivity contribution in [2.45, 2.75) is 34.6 Å². The summed E-state index contributed by atoms with van der Waals surface area (Å²) in [4.78, 5) is 34.4. The summed E-state index contributed by atoms with van der Waals surface area (Å²) in [5, 5.41) is 0. The Morgan fingerprint density at radius 1 is 1.27 bits per heavy atom. The number of hydrogen-bond acceptors (Lipinski definition) is 4. The van der Waals surface area contributed by atoms with Gasteiger partial charge in [0.2, 0.25) is 0 Å². The van der Waals surface area contributed by atoms with Crippen molar-refractivity contribution >= 4 is 17.5 Å². The highest BCUT2D eigenvalue weighted by Gasteiger charge is 2.46. The minimum absolute atomic E-state index is 0.194. The number of ether oxygens (including phenoxy) is 1. The molecule has 4 nitrogen and oxygen atoms in total. The Morgan fingerprint density at radius 3 is 2.00 bits per heavy atom. The lowest BCUT2D eigenvalue weighted by Gasteiger charge is -2.28. The highest BCUT2D eigenvalue weighted by atomic mass is 16.5. The van der Waals surface area contributed by atoms with Gasteiger partial charge in [-0.2, -0.15) is 0 Å². The maximum absolute atomic E-state index is 11.7. The summed E-state index contributed by atoms with van der Waals surface area (Å²) in [7, 11) is 0. The summed E-state index contributed by atoms with van der Waals surface area (Å²) < 4.78 is 4.83. The highest BCUT2D eigenvalue weighted by Crippen LogP contribution is 2.30. The zero-order valence-corrected chi connectivity index (χ0v) is 9.92. The van der Waals surface area contributed by atoms with Gasteiger partial charge in [-0.1, -0.05) is 6.92 Å². The lowest BCUT2D eigenvalue weighted by atomic mass is 9.73. The maximum atomic E-state index is 11.7. The van der Waals surface area contributed by atoms with Crippen molar-refractivity contribution in [1.82, 2.24) is 0 Å². The van der Waals surface area contributed by atoms with E-state index in [1.54, 1.807) is 13.8 Å². The van der Waals surface area contributed by atoms with Crippen LogP contribution in [0.3, 0.4) is 0 Å². The third kappa shape index (κ3) is 2.64. The number of hydrogen-bond donors (Lipinski definition) is 0. The van der Waals surface area contributed by atoms with Crippen LogP contribution in [0.2, 0.25) is 0 Å². The molecule has 86 valence electrons. The van der Waals surface area contributed by atoms with Crippen LogP contribution in [-0.2, 0) is 19.1 Å². The quantitative estimate of drug-likeness (QED) is 0.512. The fourth-order valence-corrected chi connectivity index (χ4v) is 1.31. The molecule has 0 aliphatic heterocycles. The molecule has 15 heavy (non-hydrogen) atoms. The lowest BCUT2D eigenvalue weighted by Crippen LogP contribution is -2.44. The third-order valence-corrected chi connectivity index (χ3v) is 2.91. The van der Waals surface area contributed by atoms with Crippen molar-refractivity contribution in [3.05, 3.63) is 0 Å². The normalized spacial score (nSPS) is 16.3.